The molecule has 5 heteroatoms. The van der Waals surface area contributed by atoms with Crippen LogP contribution >= 0.6 is 7.92 Å². The summed E-state index contributed by atoms with van der Waals surface area (Å²) in [6, 6.07) is 34.7. The second-order valence-electron chi connectivity index (χ2n) is 14.5. The second-order valence-corrected chi connectivity index (χ2v) is 18.8. The topological polar surface area (TPSA) is 38.3 Å². The summed E-state index contributed by atoms with van der Waals surface area (Å²) >= 11 is 0. The lowest BCUT2D eigenvalue weighted by molar-refractivity contribution is 0.381. The molecule has 0 radical (unpaired) electrons. The number of benzene rings is 4. The first-order valence-corrected chi connectivity index (χ1v) is 18.2. The smallest absolute Gasteiger partial charge is 0.126 e. The van der Waals surface area contributed by atoms with Gasteiger partial charge in [-0.15, -0.1) is 0 Å². The third-order valence-corrected chi connectivity index (χ3v) is 12.0. The van der Waals surface area contributed by atoms with Crippen molar-refractivity contribution in [3.8, 4) is 16.9 Å². The van der Waals surface area contributed by atoms with Crippen molar-refractivity contribution in [2.24, 2.45) is 0 Å². The number of methoxy groups -OCH3 is 1. The van der Waals surface area contributed by atoms with E-state index in [1.165, 1.54) is 21.7 Å². The van der Waals surface area contributed by atoms with E-state index in [1.54, 1.807) is 7.11 Å². The molecule has 2 atom stereocenters. The zero-order valence-corrected chi connectivity index (χ0v) is 29.9. The Labute approximate surface area is 270 Å². The van der Waals surface area contributed by atoms with Crippen LogP contribution in [0.4, 0.5) is 0 Å². The zero-order valence-electron chi connectivity index (χ0n) is 28.2. The molecule has 1 N–H and O–H groups in total. The summed E-state index contributed by atoms with van der Waals surface area (Å²) in [6.07, 6.45) is 0.816. The third kappa shape index (κ3) is 8.08. The van der Waals surface area contributed by atoms with Crippen molar-refractivity contribution in [3.05, 3.63) is 114 Å². The lowest BCUT2D eigenvalue weighted by atomic mass is 9.77. The molecule has 0 aliphatic rings. The van der Waals surface area contributed by atoms with Crippen molar-refractivity contribution in [1.29, 1.82) is 0 Å². The van der Waals surface area contributed by atoms with Gasteiger partial charge in [0.1, 0.15) is 5.75 Å². The van der Waals surface area contributed by atoms with Crippen LogP contribution in [-0.2, 0) is 21.8 Å². The van der Waals surface area contributed by atoms with Crippen molar-refractivity contribution >= 4 is 29.5 Å². The van der Waals surface area contributed by atoms with Gasteiger partial charge in [0.2, 0.25) is 0 Å². The molecule has 4 rings (SSSR count). The van der Waals surface area contributed by atoms with Gasteiger partial charge in [-0.2, -0.15) is 0 Å². The van der Waals surface area contributed by atoms with Crippen molar-refractivity contribution in [2.45, 2.75) is 83.9 Å². The first kappa shape index (κ1) is 34.1. The van der Waals surface area contributed by atoms with Gasteiger partial charge in [0.05, 0.1) is 22.8 Å². The molecule has 4 aromatic rings. The highest BCUT2D eigenvalue weighted by Gasteiger charge is 2.31. The monoisotopic (exact) mass is 627 g/mol. The SMILES string of the molecule is COc1c(C(C)(C)C)cc(-c2ccccc2[C@@H](CP(c2ccccc2)c2ccccc2)NS(=O)C(C)(C)C)cc1C(C)(C)C. The molecule has 0 aromatic heterocycles. The standard InChI is InChI=1S/C39H50NO2PS/c1-37(2,3)33-25-28(26-34(36(33)42-10)38(4,5)6)31-23-17-18-24-32(31)35(40-44(41)39(7,8)9)27-43(29-19-13-11-14-20-29)30-21-15-12-16-22-30/h11-26,35,40H,27H2,1-10H3/t35-,44?/m1/s1. The molecule has 3 nitrogen and oxygen atoms in total. The summed E-state index contributed by atoms with van der Waals surface area (Å²) in [5.41, 5.74) is 5.63. The quantitative estimate of drug-likeness (QED) is 0.188. The van der Waals surface area contributed by atoms with E-state index in [4.69, 9.17) is 4.74 Å². The van der Waals surface area contributed by atoms with Crippen LogP contribution in [0.15, 0.2) is 97.1 Å². The van der Waals surface area contributed by atoms with Crippen LogP contribution in [0.25, 0.3) is 11.1 Å². The highest BCUT2D eigenvalue weighted by Crippen LogP contribution is 2.45. The maximum Gasteiger partial charge on any atom is 0.126 e. The van der Waals surface area contributed by atoms with Crippen LogP contribution in [0.5, 0.6) is 5.75 Å². The van der Waals surface area contributed by atoms with Gasteiger partial charge in [-0.3, -0.25) is 0 Å². The van der Waals surface area contributed by atoms with E-state index in [1.807, 2.05) is 20.8 Å². The van der Waals surface area contributed by atoms with Gasteiger partial charge in [0.15, 0.2) is 0 Å². The van der Waals surface area contributed by atoms with Crippen LogP contribution < -0.4 is 20.1 Å². The van der Waals surface area contributed by atoms with Crippen molar-refractivity contribution in [1.82, 2.24) is 4.72 Å². The lowest BCUT2D eigenvalue weighted by Crippen LogP contribution is -2.37. The van der Waals surface area contributed by atoms with Crippen molar-refractivity contribution in [2.75, 3.05) is 13.3 Å². The van der Waals surface area contributed by atoms with Gasteiger partial charge in [-0.1, -0.05) is 126 Å². The van der Waals surface area contributed by atoms with Gasteiger partial charge in [0, 0.05) is 17.2 Å². The number of hydrogen-bond acceptors (Lipinski definition) is 2. The molecular formula is C39H50NO2PS. The average Bonchev–Trinajstić information content (AvgIpc) is 2.98. The highest BCUT2D eigenvalue weighted by molar-refractivity contribution is 7.84. The Kier molecular flexibility index (Phi) is 10.6. The molecule has 0 spiro atoms. The minimum absolute atomic E-state index is 0.114. The van der Waals surface area contributed by atoms with E-state index in [0.29, 0.717) is 0 Å². The Morgan fingerprint density at radius 1 is 0.705 bits per heavy atom. The fourth-order valence-electron chi connectivity index (χ4n) is 5.45. The third-order valence-electron chi connectivity index (χ3n) is 7.86. The molecule has 0 amide bonds. The molecule has 0 saturated heterocycles. The van der Waals surface area contributed by atoms with Crippen molar-refractivity contribution in [3.63, 3.8) is 0 Å². The summed E-state index contributed by atoms with van der Waals surface area (Å²) in [6.45, 7) is 19.6. The fraction of sp³-hybridized carbons (Fsp3) is 0.385. The number of ether oxygens (including phenoxy) is 1. The van der Waals surface area contributed by atoms with Crippen LogP contribution in [0, 0.1) is 0 Å². The van der Waals surface area contributed by atoms with Gasteiger partial charge >= 0.3 is 0 Å². The summed E-state index contributed by atoms with van der Waals surface area (Å²) in [5.74, 6) is 0.964. The minimum Gasteiger partial charge on any atom is -0.496 e. The molecule has 0 heterocycles. The molecule has 0 bridgehead atoms. The largest absolute Gasteiger partial charge is 0.496 e. The Bertz CT molecular complexity index is 1490. The van der Waals surface area contributed by atoms with Crippen LogP contribution in [-0.4, -0.2) is 22.2 Å². The highest BCUT2D eigenvalue weighted by atomic mass is 32.2. The average molecular weight is 628 g/mol. The minimum atomic E-state index is -1.26. The molecule has 0 aliphatic heterocycles. The first-order chi connectivity index (χ1) is 20.6. The van der Waals surface area contributed by atoms with Gasteiger partial charge < -0.3 is 4.74 Å². The predicted molar refractivity (Wildman–Crippen MR) is 194 cm³/mol. The number of rotatable bonds is 9. The molecule has 1 unspecified atom stereocenters. The van der Waals surface area contributed by atoms with E-state index in [0.717, 1.165) is 28.6 Å². The number of nitrogens with one attached hydrogen (secondary N) is 1. The van der Waals surface area contributed by atoms with E-state index < -0.39 is 23.7 Å². The normalized spacial score (nSPS) is 14.0. The molecule has 4 aromatic carbocycles. The molecule has 0 fully saturated rings. The summed E-state index contributed by atoms with van der Waals surface area (Å²) in [5, 5.41) is 2.63. The van der Waals surface area contributed by atoms with Gasteiger partial charge in [-0.25, -0.2) is 8.93 Å². The summed E-state index contributed by atoms with van der Waals surface area (Å²) in [7, 11) is -0.217. The zero-order chi connectivity index (χ0) is 32.3. The maximum absolute atomic E-state index is 13.8. The Morgan fingerprint density at radius 2 is 1.16 bits per heavy atom. The Hall–Kier alpha value is -2.78. The van der Waals surface area contributed by atoms with E-state index >= 15 is 0 Å². The molecule has 0 saturated carbocycles. The maximum atomic E-state index is 13.8. The van der Waals surface area contributed by atoms with Gasteiger partial charge in [-0.05, 0) is 85.1 Å². The number of hydrogen-bond donors (Lipinski definition) is 1. The lowest BCUT2D eigenvalue weighted by Gasteiger charge is -2.32. The van der Waals surface area contributed by atoms with E-state index in [2.05, 4.69) is 143 Å². The van der Waals surface area contributed by atoms with Gasteiger partial charge in [0.25, 0.3) is 0 Å². The van der Waals surface area contributed by atoms with Crippen LogP contribution in [0.1, 0.15) is 85.0 Å². The fourth-order valence-corrected chi connectivity index (χ4v) is 8.83. The molecular weight excluding hydrogens is 577 g/mol. The second kappa shape index (κ2) is 13.7. The predicted octanol–water partition coefficient (Wildman–Crippen LogP) is 9.18. The summed E-state index contributed by atoms with van der Waals surface area (Å²) < 4.78 is 23.1. The molecule has 234 valence electrons. The summed E-state index contributed by atoms with van der Waals surface area (Å²) in [4.78, 5) is 0. The van der Waals surface area contributed by atoms with E-state index in [-0.39, 0.29) is 16.9 Å². The first-order valence-electron chi connectivity index (χ1n) is 15.5. The van der Waals surface area contributed by atoms with Crippen LogP contribution in [0.2, 0.25) is 0 Å². The van der Waals surface area contributed by atoms with Crippen molar-refractivity contribution < 1.29 is 8.95 Å². The Balaban J connectivity index is 1.95. The van der Waals surface area contributed by atoms with Crippen LogP contribution in [0.3, 0.4) is 0 Å². The Morgan fingerprint density at radius 3 is 1.59 bits per heavy atom. The molecule has 0 aliphatic carbocycles. The van der Waals surface area contributed by atoms with E-state index in [9.17, 15) is 4.21 Å². The molecule has 44 heavy (non-hydrogen) atoms.